The minimum Gasteiger partial charge on any atom is -0.490 e. The monoisotopic (exact) mass is 592 g/mol. The summed E-state index contributed by atoms with van der Waals surface area (Å²) in [5, 5.41) is 16.1. The quantitative estimate of drug-likeness (QED) is 0.351. The van der Waals surface area contributed by atoms with E-state index in [1.807, 2.05) is 23.9 Å². The first-order chi connectivity index (χ1) is 18.6. The SMILES string of the molecule is NS(=O)(=O)CCCCCS[C@@H]1CC[C@@H]1CN1CC2(CCCc3cc(Cl)ccc32)COc2ccc(C(=O)O)cc21. The second kappa shape index (κ2) is 11.9. The topological polar surface area (TPSA) is 110 Å². The molecule has 1 spiro atoms. The Labute approximate surface area is 240 Å². The summed E-state index contributed by atoms with van der Waals surface area (Å²) in [5.74, 6) is 1.37. The Balaban J connectivity index is 1.33. The summed E-state index contributed by atoms with van der Waals surface area (Å²) in [4.78, 5) is 14.2. The average Bonchev–Trinajstić information content (AvgIpc) is 3.02. The van der Waals surface area contributed by atoms with Crippen molar-refractivity contribution in [3.63, 3.8) is 0 Å². The molecule has 1 unspecified atom stereocenters. The third kappa shape index (κ3) is 6.69. The highest BCUT2D eigenvalue weighted by Gasteiger charge is 2.43. The number of aryl methyl sites for hydroxylation is 1. The lowest BCUT2D eigenvalue weighted by Crippen LogP contribution is -2.49. The zero-order chi connectivity index (χ0) is 27.6. The number of ether oxygens (including phenoxy) is 1. The maximum atomic E-state index is 11.8. The molecule has 212 valence electrons. The number of nitrogens with zero attached hydrogens (tertiary/aromatic N) is 1. The molecule has 5 rings (SSSR count). The third-order valence-electron chi connectivity index (χ3n) is 8.49. The van der Waals surface area contributed by atoms with Crippen LogP contribution in [0, 0.1) is 5.92 Å². The van der Waals surface area contributed by atoms with Crippen molar-refractivity contribution in [1.82, 2.24) is 0 Å². The predicted molar refractivity (Wildman–Crippen MR) is 158 cm³/mol. The zero-order valence-corrected chi connectivity index (χ0v) is 24.5. The molecule has 2 aromatic rings. The summed E-state index contributed by atoms with van der Waals surface area (Å²) < 4.78 is 28.7. The lowest BCUT2D eigenvalue weighted by Gasteiger charge is -2.44. The number of hydrogen-bond donors (Lipinski definition) is 2. The van der Waals surface area contributed by atoms with Gasteiger partial charge in [0.2, 0.25) is 10.0 Å². The highest BCUT2D eigenvalue weighted by Crippen LogP contribution is 2.46. The van der Waals surface area contributed by atoms with Crippen LogP contribution in [0.15, 0.2) is 36.4 Å². The van der Waals surface area contributed by atoms with E-state index in [2.05, 4.69) is 17.0 Å². The maximum Gasteiger partial charge on any atom is 0.335 e. The molecule has 0 amide bonds. The molecule has 1 aliphatic heterocycles. The smallest absolute Gasteiger partial charge is 0.335 e. The largest absolute Gasteiger partial charge is 0.490 e. The van der Waals surface area contributed by atoms with Gasteiger partial charge in [0.05, 0.1) is 23.6 Å². The van der Waals surface area contributed by atoms with E-state index in [1.165, 1.54) is 17.5 Å². The zero-order valence-electron chi connectivity index (χ0n) is 22.1. The van der Waals surface area contributed by atoms with Gasteiger partial charge < -0.3 is 14.7 Å². The third-order valence-corrected chi connectivity index (χ3v) is 11.2. The van der Waals surface area contributed by atoms with Crippen LogP contribution in [0.25, 0.3) is 0 Å². The Kier molecular flexibility index (Phi) is 8.71. The van der Waals surface area contributed by atoms with Crippen LogP contribution in [0.5, 0.6) is 5.75 Å². The van der Waals surface area contributed by atoms with Gasteiger partial charge >= 0.3 is 5.97 Å². The fraction of sp³-hybridized carbons (Fsp3) is 0.552. The summed E-state index contributed by atoms with van der Waals surface area (Å²) in [6.07, 6.45) is 7.85. The Hall–Kier alpha value is -1.94. The van der Waals surface area contributed by atoms with Crippen molar-refractivity contribution in [2.45, 2.75) is 62.0 Å². The van der Waals surface area contributed by atoms with Gasteiger partial charge in [0.15, 0.2) is 0 Å². The fourth-order valence-electron chi connectivity index (χ4n) is 6.31. The van der Waals surface area contributed by atoms with E-state index >= 15 is 0 Å². The fourth-order valence-corrected chi connectivity index (χ4v) is 8.59. The standard InChI is InChI=1S/C29H37ClN2O5S2/c30-23-8-9-24-20(15-23)5-4-12-29(24)18-32(25-16-21(28(33)34)6-10-26(25)37-19-29)17-22-7-11-27(22)38-13-2-1-3-14-39(31,35)36/h6,8-10,15-16,22,27H,1-5,7,11-14,17-19H2,(H,33,34)(H2,31,35,36)/t22-,27-,29?/m1/s1. The van der Waals surface area contributed by atoms with Crippen LogP contribution in [0.4, 0.5) is 5.69 Å². The molecule has 1 fully saturated rings. The molecule has 3 atom stereocenters. The summed E-state index contributed by atoms with van der Waals surface area (Å²) in [6.45, 7) is 2.19. The van der Waals surface area contributed by atoms with E-state index in [-0.39, 0.29) is 16.7 Å². The van der Waals surface area contributed by atoms with E-state index in [9.17, 15) is 18.3 Å². The molecule has 0 aromatic heterocycles. The van der Waals surface area contributed by atoms with Crippen molar-refractivity contribution in [2.75, 3.05) is 36.1 Å². The predicted octanol–water partition coefficient (Wildman–Crippen LogP) is 5.48. The number of anilines is 1. The molecular formula is C29H37ClN2O5S2. The molecule has 0 radical (unpaired) electrons. The van der Waals surface area contributed by atoms with Crippen LogP contribution in [-0.4, -0.2) is 55.9 Å². The normalized spacial score (nSPS) is 24.3. The van der Waals surface area contributed by atoms with Crippen LogP contribution in [0.2, 0.25) is 5.02 Å². The number of halogens is 1. The average molecular weight is 593 g/mol. The Morgan fingerprint density at radius 3 is 2.77 bits per heavy atom. The number of carboxylic acids is 1. The second-order valence-electron chi connectivity index (χ2n) is 11.3. The lowest BCUT2D eigenvalue weighted by atomic mass is 9.70. The number of rotatable bonds is 10. The first-order valence-electron chi connectivity index (χ1n) is 13.8. The van der Waals surface area contributed by atoms with E-state index < -0.39 is 16.0 Å². The van der Waals surface area contributed by atoms with Crippen molar-refractivity contribution in [3.8, 4) is 5.75 Å². The molecule has 1 heterocycles. The van der Waals surface area contributed by atoms with Crippen LogP contribution >= 0.6 is 23.4 Å². The number of unbranched alkanes of at least 4 members (excludes halogenated alkanes) is 2. The second-order valence-corrected chi connectivity index (χ2v) is 14.8. The molecule has 2 aromatic carbocycles. The van der Waals surface area contributed by atoms with Crippen molar-refractivity contribution < 1.29 is 23.1 Å². The Morgan fingerprint density at radius 2 is 2.03 bits per heavy atom. The number of sulfonamides is 1. The number of primary sulfonamides is 1. The molecule has 10 heteroatoms. The van der Waals surface area contributed by atoms with Crippen LogP contribution in [0.3, 0.4) is 0 Å². The summed E-state index contributed by atoms with van der Waals surface area (Å²) in [6, 6.07) is 11.4. The molecule has 2 aliphatic carbocycles. The molecule has 39 heavy (non-hydrogen) atoms. The van der Waals surface area contributed by atoms with Gasteiger partial charge in [-0.1, -0.05) is 24.1 Å². The lowest BCUT2D eigenvalue weighted by molar-refractivity contribution is 0.0697. The molecule has 7 nitrogen and oxygen atoms in total. The van der Waals surface area contributed by atoms with E-state index in [0.717, 1.165) is 73.8 Å². The van der Waals surface area contributed by atoms with E-state index in [4.69, 9.17) is 21.5 Å². The van der Waals surface area contributed by atoms with Gasteiger partial charge in [-0.25, -0.2) is 18.4 Å². The van der Waals surface area contributed by atoms with E-state index in [0.29, 0.717) is 24.2 Å². The van der Waals surface area contributed by atoms with Gasteiger partial charge in [-0.2, -0.15) is 11.8 Å². The molecular weight excluding hydrogens is 556 g/mol. The van der Waals surface area contributed by atoms with Crippen molar-refractivity contribution in [1.29, 1.82) is 0 Å². The number of fused-ring (bicyclic) bond motifs is 3. The van der Waals surface area contributed by atoms with Gasteiger partial charge in [-0.15, -0.1) is 0 Å². The number of hydrogen-bond acceptors (Lipinski definition) is 6. The van der Waals surface area contributed by atoms with Crippen molar-refractivity contribution in [2.24, 2.45) is 11.1 Å². The molecule has 0 bridgehead atoms. The molecule has 0 saturated heterocycles. The van der Waals surface area contributed by atoms with Crippen LogP contribution in [-0.2, 0) is 21.9 Å². The van der Waals surface area contributed by atoms with Crippen LogP contribution < -0.4 is 14.8 Å². The number of thioether (sulfide) groups is 1. The van der Waals surface area contributed by atoms with Gasteiger partial charge in [-0.05, 0) is 98.1 Å². The number of benzene rings is 2. The first-order valence-corrected chi connectivity index (χ1v) is 16.9. The number of carbonyl (C=O) groups is 1. The molecule has 3 aliphatic rings. The summed E-state index contributed by atoms with van der Waals surface area (Å²) >= 11 is 8.34. The number of carboxylic acid groups (broad SMARTS) is 1. The highest BCUT2D eigenvalue weighted by molar-refractivity contribution is 7.99. The minimum absolute atomic E-state index is 0.0512. The highest BCUT2D eigenvalue weighted by atomic mass is 35.5. The number of nitrogens with two attached hydrogens (primary N) is 1. The molecule has 1 saturated carbocycles. The van der Waals surface area contributed by atoms with Gasteiger partial charge in [0.1, 0.15) is 5.75 Å². The van der Waals surface area contributed by atoms with Gasteiger partial charge in [-0.3, -0.25) is 0 Å². The Bertz CT molecular complexity index is 1320. The van der Waals surface area contributed by atoms with Crippen molar-refractivity contribution in [3.05, 3.63) is 58.1 Å². The maximum absolute atomic E-state index is 11.8. The van der Waals surface area contributed by atoms with Crippen molar-refractivity contribution >= 4 is 45.0 Å². The minimum atomic E-state index is -3.38. The van der Waals surface area contributed by atoms with Crippen LogP contribution in [0.1, 0.15) is 66.4 Å². The number of aromatic carboxylic acids is 1. The Morgan fingerprint density at radius 1 is 1.18 bits per heavy atom. The van der Waals surface area contributed by atoms with Gasteiger partial charge in [0, 0.05) is 28.8 Å². The van der Waals surface area contributed by atoms with E-state index in [1.54, 1.807) is 12.1 Å². The first kappa shape index (κ1) is 28.6. The van der Waals surface area contributed by atoms with Gasteiger partial charge in [0.25, 0.3) is 0 Å². The summed E-state index contributed by atoms with van der Waals surface area (Å²) in [7, 11) is -3.38. The molecule has 3 N–H and O–H groups in total. The summed E-state index contributed by atoms with van der Waals surface area (Å²) in [5.41, 5.74) is 3.54.